The van der Waals surface area contributed by atoms with Crippen molar-refractivity contribution in [2.24, 2.45) is 0 Å². The van der Waals surface area contributed by atoms with E-state index in [1.807, 2.05) is 23.1 Å². The number of rotatable bonds is 4. The number of nitrogens with zero attached hydrogens (tertiary/aromatic N) is 1. The smallest absolute Gasteiger partial charge is 0.323 e. The molecule has 0 bridgehead atoms. The van der Waals surface area contributed by atoms with E-state index in [0.717, 1.165) is 13.0 Å². The lowest BCUT2D eigenvalue weighted by atomic mass is 9.98. The number of ether oxygens (including phenoxy) is 2. The van der Waals surface area contributed by atoms with E-state index in [-0.39, 0.29) is 6.42 Å². The molecular weight excluding hydrogens is 258 g/mol. The molecular formula is C15H19NO4. The number of methoxy groups -OCH3 is 2. The van der Waals surface area contributed by atoms with Gasteiger partial charge in [0.1, 0.15) is 6.04 Å². The Hall–Kier alpha value is -1.88. The van der Waals surface area contributed by atoms with Crippen LogP contribution in [0.25, 0.3) is 0 Å². The van der Waals surface area contributed by atoms with Gasteiger partial charge in [-0.05, 0) is 17.5 Å². The third kappa shape index (κ3) is 3.17. The van der Waals surface area contributed by atoms with Gasteiger partial charge in [0, 0.05) is 13.1 Å². The molecule has 5 nitrogen and oxygen atoms in total. The van der Waals surface area contributed by atoms with Gasteiger partial charge in [0.15, 0.2) is 0 Å². The van der Waals surface area contributed by atoms with E-state index in [9.17, 15) is 9.59 Å². The first kappa shape index (κ1) is 14.5. The fourth-order valence-electron chi connectivity index (χ4n) is 2.52. The minimum atomic E-state index is -0.583. The molecule has 0 aromatic heterocycles. The maximum Gasteiger partial charge on any atom is 0.323 e. The molecule has 0 unspecified atom stereocenters. The zero-order chi connectivity index (χ0) is 14.5. The van der Waals surface area contributed by atoms with Gasteiger partial charge in [-0.3, -0.25) is 14.5 Å². The van der Waals surface area contributed by atoms with Gasteiger partial charge in [0.05, 0.1) is 20.6 Å². The highest BCUT2D eigenvalue weighted by molar-refractivity contribution is 5.82. The second-order valence-electron chi connectivity index (χ2n) is 4.81. The molecule has 2 rings (SSSR count). The number of carbonyl (C=O) groups excluding carboxylic acids is 2. The minimum absolute atomic E-state index is 0.0192. The van der Waals surface area contributed by atoms with Crippen LogP contribution in [0.3, 0.4) is 0 Å². The zero-order valence-electron chi connectivity index (χ0n) is 11.8. The summed E-state index contributed by atoms with van der Waals surface area (Å²) in [5.41, 5.74) is 2.49. The summed E-state index contributed by atoms with van der Waals surface area (Å²) in [4.78, 5) is 25.4. The monoisotopic (exact) mass is 277 g/mol. The van der Waals surface area contributed by atoms with Crippen molar-refractivity contribution in [3.63, 3.8) is 0 Å². The molecule has 1 aliphatic heterocycles. The lowest BCUT2D eigenvalue weighted by Gasteiger charge is -2.33. The van der Waals surface area contributed by atoms with Crippen molar-refractivity contribution in [1.29, 1.82) is 0 Å². The Morgan fingerprint density at radius 2 is 1.90 bits per heavy atom. The highest BCUT2D eigenvalue weighted by atomic mass is 16.5. The number of benzene rings is 1. The molecule has 0 spiro atoms. The Kier molecular flexibility index (Phi) is 4.74. The first-order valence-electron chi connectivity index (χ1n) is 6.61. The van der Waals surface area contributed by atoms with E-state index in [2.05, 4.69) is 10.8 Å². The molecule has 20 heavy (non-hydrogen) atoms. The number of hydrogen-bond acceptors (Lipinski definition) is 5. The van der Waals surface area contributed by atoms with Crippen molar-refractivity contribution >= 4 is 11.9 Å². The maximum atomic E-state index is 11.9. The van der Waals surface area contributed by atoms with Crippen LogP contribution < -0.4 is 0 Å². The molecule has 1 aliphatic rings. The van der Waals surface area contributed by atoms with Crippen LogP contribution in [0.1, 0.15) is 17.5 Å². The summed E-state index contributed by atoms with van der Waals surface area (Å²) in [6.07, 6.45) is 0.885. The van der Waals surface area contributed by atoms with E-state index < -0.39 is 18.0 Å². The Morgan fingerprint density at radius 3 is 2.55 bits per heavy atom. The fourth-order valence-corrected chi connectivity index (χ4v) is 2.52. The summed E-state index contributed by atoms with van der Waals surface area (Å²) >= 11 is 0. The number of hydrogen-bond donors (Lipinski definition) is 0. The van der Waals surface area contributed by atoms with Crippen LogP contribution in [-0.2, 0) is 32.0 Å². The average molecular weight is 277 g/mol. The maximum absolute atomic E-state index is 11.9. The molecule has 1 aromatic rings. The predicted molar refractivity (Wildman–Crippen MR) is 73.0 cm³/mol. The van der Waals surface area contributed by atoms with Gasteiger partial charge in [-0.2, -0.15) is 0 Å². The predicted octanol–water partition coefficient (Wildman–Crippen LogP) is 1.15. The molecule has 0 saturated heterocycles. The molecule has 1 heterocycles. The van der Waals surface area contributed by atoms with Crippen LogP contribution in [0.2, 0.25) is 0 Å². The molecule has 1 aromatic carbocycles. The minimum Gasteiger partial charge on any atom is -0.469 e. The normalized spacial score (nSPS) is 16.1. The molecule has 0 amide bonds. The average Bonchev–Trinajstić information content (AvgIpc) is 2.51. The molecule has 0 radical (unpaired) electrons. The summed E-state index contributed by atoms with van der Waals surface area (Å²) < 4.78 is 9.47. The Labute approximate surface area is 118 Å². The van der Waals surface area contributed by atoms with Crippen LogP contribution in [0.15, 0.2) is 24.3 Å². The van der Waals surface area contributed by atoms with Crippen molar-refractivity contribution in [1.82, 2.24) is 4.90 Å². The second kappa shape index (κ2) is 6.52. The standard InChI is InChI=1S/C15H19NO4/c1-19-14(17)9-13(15(18)20-2)16-8-7-11-5-3-4-6-12(11)10-16/h3-6,13H,7-10H2,1-2H3/t13-/m1/s1. The van der Waals surface area contributed by atoms with Gasteiger partial charge in [0.25, 0.3) is 0 Å². The lowest BCUT2D eigenvalue weighted by molar-refractivity contribution is -0.154. The Bertz CT molecular complexity index is 500. The summed E-state index contributed by atoms with van der Waals surface area (Å²) in [5.74, 6) is -0.797. The third-order valence-electron chi connectivity index (χ3n) is 3.66. The molecule has 0 fully saturated rings. The van der Waals surface area contributed by atoms with Crippen LogP contribution in [-0.4, -0.2) is 43.6 Å². The Morgan fingerprint density at radius 1 is 1.20 bits per heavy atom. The number of carbonyl (C=O) groups is 2. The summed E-state index contributed by atoms with van der Waals surface area (Å²) in [5, 5.41) is 0. The molecule has 5 heteroatoms. The van der Waals surface area contributed by atoms with E-state index >= 15 is 0 Å². The fraction of sp³-hybridized carbons (Fsp3) is 0.467. The van der Waals surface area contributed by atoms with Gasteiger partial charge in [-0.15, -0.1) is 0 Å². The second-order valence-corrected chi connectivity index (χ2v) is 4.81. The highest BCUT2D eigenvalue weighted by Gasteiger charge is 2.31. The van der Waals surface area contributed by atoms with Gasteiger partial charge >= 0.3 is 11.9 Å². The van der Waals surface area contributed by atoms with E-state index in [1.54, 1.807) is 0 Å². The van der Waals surface area contributed by atoms with Crippen LogP contribution in [0.4, 0.5) is 0 Å². The van der Waals surface area contributed by atoms with Crippen LogP contribution >= 0.6 is 0 Å². The molecule has 0 aliphatic carbocycles. The number of esters is 2. The molecule has 0 N–H and O–H groups in total. The van der Waals surface area contributed by atoms with Gasteiger partial charge in [-0.1, -0.05) is 24.3 Å². The third-order valence-corrected chi connectivity index (χ3v) is 3.66. The topological polar surface area (TPSA) is 55.8 Å². The van der Waals surface area contributed by atoms with Crippen molar-refractivity contribution in [2.75, 3.05) is 20.8 Å². The molecule has 108 valence electrons. The molecule has 0 saturated carbocycles. The van der Waals surface area contributed by atoms with Gasteiger partial charge in [-0.25, -0.2) is 0 Å². The first-order chi connectivity index (χ1) is 9.65. The van der Waals surface area contributed by atoms with Crippen molar-refractivity contribution in [2.45, 2.75) is 25.4 Å². The van der Waals surface area contributed by atoms with Gasteiger partial charge < -0.3 is 9.47 Å². The summed E-state index contributed by atoms with van der Waals surface area (Å²) in [6, 6.07) is 7.56. The summed E-state index contributed by atoms with van der Waals surface area (Å²) in [7, 11) is 2.66. The first-order valence-corrected chi connectivity index (χ1v) is 6.61. The van der Waals surface area contributed by atoms with Gasteiger partial charge in [0.2, 0.25) is 0 Å². The van der Waals surface area contributed by atoms with Crippen LogP contribution in [0.5, 0.6) is 0 Å². The SMILES string of the molecule is COC(=O)C[C@H](C(=O)OC)N1CCc2ccccc2C1. The molecule has 1 atom stereocenters. The zero-order valence-corrected chi connectivity index (χ0v) is 11.8. The summed E-state index contributed by atoms with van der Waals surface area (Å²) in [6.45, 7) is 1.38. The lowest BCUT2D eigenvalue weighted by Crippen LogP contribution is -2.45. The number of fused-ring (bicyclic) bond motifs is 1. The highest BCUT2D eigenvalue weighted by Crippen LogP contribution is 2.22. The van der Waals surface area contributed by atoms with Crippen molar-refractivity contribution in [3.8, 4) is 0 Å². The quantitative estimate of drug-likeness (QED) is 0.773. The van der Waals surface area contributed by atoms with E-state index in [4.69, 9.17) is 4.74 Å². The van der Waals surface area contributed by atoms with Crippen LogP contribution in [0, 0.1) is 0 Å². The van der Waals surface area contributed by atoms with Crippen molar-refractivity contribution < 1.29 is 19.1 Å². The Balaban J connectivity index is 2.14. The van der Waals surface area contributed by atoms with E-state index in [0.29, 0.717) is 6.54 Å². The largest absolute Gasteiger partial charge is 0.469 e. The van der Waals surface area contributed by atoms with E-state index in [1.165, 1.54) is 25.3 Å². The van der Waals surface area contributed by atoms with Crippen molar-refractivity contribution in [3.05, 3.63) is 35.4 Å².